The molecule has 0 radical (unpaired) electrons. The molecular weight excluding hydrogens is 184 g/mol. The smallest absolute Gasteiger partial charge is 0.120 e. The summed E-state index contributed by atoms with van der Waals surface area (Å²) in [6, 6.07) is 0. The standard InChI is InChI=1S/C9H20N2OS/c1-8(13)6-4-3-5-7-9(11-10)12-2/h3-4,8-9,11,13H,5-7,10H2,1-2H3/b4-3-. The summed E-state index contributed by atoms with van der Waals surface area (Å²) in [6.07, 6.45) is 7.11. The summed E-state index contributed by atoms with van der Waals surface area (Å²) in [7, 11) is 1.64. The molecule has 78 valence electrons. The molecule has 0 fully saturated rings. The third kappa shape index (κ3) is 8.30. The maximum Gasteiger partial charge on any atom is 0.120 e. The summed E-state index contributed by atoms with van der Waals surface area (Å²) in [5.74, 6) is 5.23. The molecular formula is C9H20N2OS. The highest BCUT2D eigenvalue weighted by atomic mass is 32.1. The van der Waals surface area contributed by atoms with Crippen LogP contribution in [0.15, 0.2) is 12.2 Å². The van der Waals surface area contributed by atoms with Crippen molar-refractivity contribution in [3.05, 3.63) is 12.2 Å². The number of hydrogen-bond donors (Lipinski definition) is 3. The fourth-order valence-electron chi connectivity index (χ4n) is 0.928. The van der Waals surface area contributed by atoms with E-state index in [0.29, 0.717) is 5.25 Å². The van der Waals surface area contributed by atoms with E-state index in [-0.39, 0.29) is 6.23 Å². The van der Waals surface area contributed by atoms with Crippen LogP contribution in [0.2, 0.25) is 0 Å². The number of ether oxygens (including phenoxy) is 1. The van der Waals surface area contributed by atoms with Crippen LogP contribution in [0.25, 0.3) is 0 Å². The molecule has 3 N–H and O–H groups in total. The molecule has 13 heavy (non-hydrogen) atoms. The lowest BCUT2D eigenvalue weighted by Crippen LogP contribution is -2.36. The number of nitrogens with two attached hydrogens (primary N) is 1. The van der Waals surface area contributed by atoms with Gasteiger partial charge >= 0.3 is 0 Å². The van der Waals surface area contributed by atoms with E-state index in [0.717, 1.165) is 19.3 Å². The van der Waals surface area contributed by atoms with Crippen LogP contribution in [-0.4, -0.2) is 18.6 Å². The second kappa shape index (κ2) is 8.56. The quantitative estimate of drug-likeness (QED) is 0.193. The van der Waals surface area contributed by atoms with Crippen molar-refractivity contribution >= 4 is 12.6 Å². The normalized spacial score (nSPS) is 16.3. The molecule has 3 nitrogen and oxygen atoms in total. The predicted molar refractivity (Wildman–Crippen MR) is 59.6 cm³/mol. The number of methoxy groups -OCH3 is 1. The van der Waals surface area contributed by atoms with Crippen LogP contribution in [0.5, 0.6) is 0 Å². The maximum absolute atomic E-state index is 5.23. The van der Waals surface area contributed by atoms with Gasteiger partial charge in [-0.25, -0.2) is 5.43 Å². The summed E-state index contributed by atoms with van der Waals surface area (Å²) < 4.78 is 5.04. The average Bonchev–Trinajstić information content (AvgIpc) is 2.11. The molecule has 2 atom stereocenters. The van der Waals surface area contributed by atoms with Crippen LogP contribution in [0.4, 0.5) is 0 Å². The number of thiol groups is 1. The average molecular weight is 204 g/mol. The molecule has 0 aromatic heterocycles. The van der Waals surface area contributed by atoms with Gasteiger partial charge < -0.3 is 4.74 Å². The minimum atomic E-state index is -0.0434. The van der Waals surface area contributed by atoms with E-state index in [1.165, 1.54) is 0 Å². The largest absolute Gasteiger partial charge is 0.365 e. The molecule has 0 aliphatic carbocycles. The number of nitrogens with one attached hydrogen (secondary N) is 1. The first-order chi connectivity index (χ1) is 6.20. The lowest BCUT2D eigenvalue weighted by molar-refractivity contribution is 0.0680. The van der Waals surface area contributed by atoms with Gasteiger partial charge in [-0.1, -0.05) is 19.1 Å². The fourth-order valence-corrected chi connectivity index (χ4v) is 1.05. The summed E-state index contributed by atoms with van der Waals surface area (Å²) in [4.78, 5) is 0. The third-order valence-corrected chi connectivity index (χ3v) is 1.92. The number of allylic oxidation sites excluding steroid dienone is 2. The molecule has 0 aromatic rings. The van der Waals surface area contributed by atoms with E-state index < -0.39 is 0 Å². The Bertz CT molecular complexity index is 136. The van der Waals surface area contributed by atoms with Crippen molar-refractivity contribution in [2.45, 2.75) is 37.7 Å². The highest BCUT2D eigenvalue weighted by Crippen LogP contribution is 2.03. The zero-order valence-corrected chi connectivity index (χ0v) is 9.26. The van der Waals surface area contributed by atoms with Gasteiger partial charge in [-0.15, -0.1) is 0 Å². The molecule has 0 amide bonds. The van der Waals surface area contributed by atoms with Crippen molar-refractivity contribution in [3.8, 4) is 0 Å². The summed E-state index contributed by atoms with van der Waals surface area (Å²) >= 11 is 4.27. The van der Waals surface area contributed by atoms with Crippen molar-refractivity contribution in [1.29, 1.82) is 0 Å². The molecule has 0 aliphatic rings. The van der Waals surface area contributed by atoms with Crippen LogP contribution < -0.4 is 11.3 Å². The Morgan fingerprint density at radius 3 is 2.69 bits per heavy atom. The summed E-state index contributed by atoms with van der Waals surface area (Å²) in [6.45, 7) is 2.08. The minimum absolute atomic E-state index is 0.0434. The lowest BCUT2D eigenvalue weighted by atomic mass is 10.2. The fraction of sp³-hybridized carbons (Fsp3) is 0.778. The van der Waals surface area contributed by atoms with Gasteiger partial charge in [0.25, 0.3) is 0 Å². The van der Waals surface area contributed by atoms with Gasteiger partial charge in [-0.05, 0) is 19.3 Å². The van der Waals surface area contributed by atoms with Crippen LogP contribution in [0, 0.1) is 0 Å². The molecule has 4 heteroatoms. The van der Waals surface area contributed by atoms with Gasteiger partial charge in [0.2, 0.25) is 0 Å². The van der Waals surface area contributed by atoms with Crippen LogP contribution in [0.3, 0.4) is 0 Å². The van der Waals surface area contributed by atoms with Crippen LogP contribution in [-0.2, 0) is 4.74 Å². The number of hydrogen-bond acceptors (Lipinski definition) is 4. The highest BCUT2D eigenvalue weighted by molar-refractivity contribution is 7.80. The van der Waals surface area contributed by atoms with E-state index in [4.69, 9.17) is 10.6 Å². The molecule has 2 unspecified atom stereocenters. The summed E-state index contributed by atoms with van der Waals surface area (Å²) in [5, 5.41) is 0.433. The first-order valence-electron chi connectivity index (χ1n) is 4.52. The SMILES string of the molecule is COC(CC/C=C\CC(C)S)NN. The van der Waals surface area contributed by atoms with Crippen molar-refractivity contribution < 1.29 is 4.74 Å². The predicted octanol–water partition coefficient (Wildman–Crippen LogP) is 1.47. The molecule has 0 rings (SSSR count). The van der Waals surface area contributed by atoms with Gasteiger partial charge in [-0.3, -0.25) is 5.84 Å². The molecule has 0 saturated carbocycles. The Hall–Kier alpha value is -0.0300. The molecule has 0 spiro atoms. The zero-order chi connectivity index (χ0) is 10.1. The Morgan fingerprint density at radius 1 is 1.54 bits per heavy atom. The van der Waals surface area contributed by atoms with Gasteiger partial charge in [-0.2, -0.15) is 12.6 Å². The van der Waals surface area contributed by atoms with Crippen LogP contribution >= 0.6 is 12.6 Å². The Labute approximate surface area is 86.1 Å². The topological polar surface area (TPSA) is 47.3 Å². The Balaban J connectivity index is 3.37. The second-order valence-electron chi connectivity index (χ2n) is 3.02. The molecule has 0 bridgehead atoms. The minimum Gasteiger partial charge on any atom is -0.365 e. The Kier molecular flexibility index (Phi) is 8.54. The van der Waals surface area contributed by atoms with Crippen LogP contribution in [0.1, 0.15) is 26.2 Å². The first kappa shape index (κ1) is 13.0. The number of rotatable bonds is 7. The summed E-state index contributed by atoms with van der Waals surface area (Å²) in [5.41, 5.74) is 2.58. The molecule has 0 aromatic carbocycles. The van der Waals surface area contributed by atoms with Gasteiger partial charge in [0, 0.05) is 12.4 Å². The van der Waals surface area contributed by atoms with Crippen molar-refractivity contribution in [2.75, 3.05) is 7.11 Å². The van der Waals surface area contributed by atoms with Gasteiger partial charge in [0.15, 0.2) is 0 Å². The highest BCUT2D eigenvalue weighted by Gasteiger charge is 2.00. The van der Waals surface area contributed by atoms with E-state index in [1.807, 2.05) is 0 Å². The Morgan fingerprint density at radius 2 is 2.23 bits per heavy atom. The van der Waals surface area contributed by atoms with Gasteiger partial charge in [0.05, 0.1) is 0 Å². The molecule has 0 saturated heterocycles. The van der Waals surface area contributed by atoms with E-state index in [2.05, 4.69) is 37.1 Å². The van der Waals surface area contributed by atoms with E-state index in [1.54, 1.807) is 7.11 Å². The number of hydrazine groups is 1. The van der Waals surface area contributed by atoms with Crippen molar-refractivity contribution in [3.63, 3.8) is 0 Å². The maximum atomic E-state index is 5.23. The van der Waals surface area contributed by atoms with E-state index in [9.17, 15) is 0 Å². The van der Waals surface area contributed by atoms with Crippen molar-refractivity contribution in [2.24, 2.45) is 5.84 Å². The lowest BCUT2D eigenvalue weighted by Gasteiger charge is -2.11. The monoisotopic (exact) mass is 204 g/mol. The second-order valence-corrected chi connectivity index (χ2v) is 3.91. The van der Waals surface area contributed by atoms with E-state index >= 15 is 0 Å². The molecule has 0 aliphatic heterocycles. The van der Waals surface area contributed by atoms with Gasteiger partial charge in [0.1, 0.15) is 6.23 Å². The zero-order valence-electron chi connectivity index (χ0n) is 8.36. The first-order valence-corrected chi connectivity index (χ1v) is 5.04. The third-order valence-electron chi connectivity index (χ3n) is 1.71. The van der Waals surface area contributed by atoms with Crippen molar-refractivity contribution in [1.82, 2.24) is 5.43 Å². The molecule has 0 heterocycles.